The molecule has 2 aromatic rings. The monoisotopic (exact) mass is 232 g/mol. The summed E-state index contributed by atoms with van der Waals surface area (Å²) in [6.45, 7) is 0. The fraction of sp³-hybridized carbons (Fsp3) is 0.182. The number of hydrogen-bond acceptors (Lipinski definition) is 4. The zero-order valence-electron chi connectivity index (χ0n) is 9.54. The molecule has 6 heteroatoms. The minimum Gasteiger partial charge on any atom is -0.348 e. The number of para-hydroxylation sites is 1. The van der Waals surface area contributed by atoms with Crippen LogP contribution >= 0.6 is 0 Å². The molecule has 1 aromatic heterocycles. The molecule has 0 fully saturated rings. The van der Waals surface area contributed by atoms with Gasteiger partial charge >= 0.3 is 11.4 Å². The third-order valence-corrected chi connectivity index (χ3v) is 2.25. The Kier molecular flexibility index (Phi) is 2.78. The van der Waals surface area contributed by atoms with E-state index in [9.17, 15) is 9.59 Å². The molecule has 0 saturated carbocycles. The number of aromatic amines is 1. The number of anilines is 1. The van der Waals surface area contributed by atoms with E-state index in [1.54, 1.807) is 43.3 Å². The van der Waals surface area contributed by atoms with Gasteiger partial charge in [0.25, 0.3) is 0 Å². The van der Waals surface area contributed by atoms with Crippen molar-refractivity contribution in [3.8, 4) is 5.69 Å². The highest BCUT2D eigenvalue weighted by molar-refractivity contribution is 5.32. The zero-order chi connectivity index (χ0) is 12.4. The summed E-state index contributed by atoms with van der Waals surface area (Å²) in [5.74, 6) is 0.243. The number of aromatic nitrogens is 3. The van der Waals surface area contributed by atoms with Gasteiger partial charge in [0.05, 0.1) is 5.69 Å². The molecule has 6 nitrogen and oxygen atoms in total. The third kappa shape index (κ3) is 2.10. The van der Waals surface area contributed by atoms with Crippen molar-refractivity contribution < 1.29 is 0 Å². The van der Waals surface area contributed by atoms with E-state index < -0.39 is 11.4 Å². The zero-order valence-corrected chi connectivity index (χ0v) is 9.54. The molecule has 0 bridgehead atoms. The Labute approximate surface area is 97.2 Å². The second-order valence-electron chi connectivity index (χ2n) is 3.71. The van der Waals surface area contributed by atoms with Crippen LogP contribution in [0.3, 0.4) is 0 Å². The van der Waals surface area contributed by atoms with Crippen LogP contribution in [0.5, 0.6) is 0 Å². The van der Waals surface area contributed by atoms with Crippen molar-refractivity contribution in [1.29, 1.82) is 0 Å². The van der Waals surface area contributed by atoms with Crippen LogP contribution in [0, 0.1) is 0 Å². The number of benzene rings is 1. The first-order valence-corrected chi connectivity index (χ1v) is 5.05. The second kappa shape index (κ2) is 4.25. The molecule has 0 aliphatic rings. The van der Waals surface area contributed by atoms with Gasteiger partial charge in [-0.25, -0.2) is 14.2 Å². The van der Waals surface area contributed by atoms with E-state index in [1.807, 2.05) is 6.07 Å². The Morgan fingerprint density at radius 3 is 2.35 bits per heavy atom. The number of H-pyrrole nitrogens is 1. The fourth-order valence-electron chi connectivity index (χ4n) is 1.42. The van der Waals surface area contributed by atoms with Crippen LogP contribution in [0.2, 0.25) is 0 Å². The Morgan fingerprint density at radius 1 is 1.18 bits per heavy atom. The summed E-state index contributed by atoms with van der Waals surface area (Å²) in [6.07, 6.45) is 0. The van der Waals surface area contributed by atoms with E-state index in [4.69, 9.17) is 0 Å². The van der Waals surface area contributed by atoms with Crippen LogP contribution in [0.15, 0.2) is 39.9 Å². The molecule has 2 rings (SSSR count). The van der Waals surface area contributed by atoms with Crippen LogP contribution in [-0.4, -0.2) is 28.6 Å². The molecule has 1 aromatic carbocycles. The summed E-state index contributed by atoms with van der Waals surface area (Å²) in [6, 6.07) is 8.66. The number of nitrogens with one attached hydrogen (secondary N) is 1. The molecule has 1 N–H and O–H groups in total. The predicted octanol–water partition coefficient (Wildman–Crippen LogP) is -0.0132. The average Bonchev–Trinajstić information content (AvgIpc) is 2.29. The van der Waals surface area contributed by atoms with Crippen molar-refractivity contribution in [3.63, 3.8) is 0 Å². The molecule has 0 unspecified atom stereocenters. The minimum absolute atomic E-state index is 0.243. The number of nitrogens with zero attached hydrogens (tertiary/aromatic N) is 3. The molecule has 0 spiro atoms. The van der Waals surface area contributed by atoms with Crippen LogP contribution < -0.4 is 16.3 Å². The van der Waals surface area contributed by atoms with E-state index in [1.165, 1.54) is 0 Å². The van der Waals surface area contributed by atoms with E-state index in [0.717, 1.165) is 4.57 Å². The van der Waals surface area contributed by atoms with Gasteiger partial charge < -0.3 is 4.90 Å². The van der Waals surface area contributed by atoms with Gasteiger partial charge in [0.2, 0.25) is 5.95 Å². The molecule has 0 atom stereocenters. The molecule has 17 heavy (non-hydrogen) atoms. The quantitative estimate of drug-likeness (QED) is 0.790. The first kappa shape index (κ1) is 11.1. The fourth-order valence-corrected chi connectivity index (χ4v) is 1.42. The Bertz CT molecular complexity index is 597. The standard InChI is InChI=1S/C11H12N4O2/c1-14(2)9-12-10(16)15(11(17)13-9)8-6-4-3-5-7-8/h3-7H,1-2H3,(H,12,13,16,17). The van der Waals surface area contributed by atoms with Crippen LogP contribution in [0.25, 0.3) is 5.69 Å². The van der Waals surface area contributed by atoms with Crippen molar-refractivity contribution in [1.82, 2.24) is 14.5 Å². The van der Waals surface area contributed by atoms with Crippen molar-refractivity contribution in [3.05, 3.63) is 51.3 Å². The Balaban J connectivity index is 2.66. The lowest BCUT2D eigenvalue weighted by Crippen LogP contribution is -2.37. The van der Waals surface area contributed by atoms with Crippen LogP contribution in [0.4, 0.5) is 5.95 Å². The molecular weight excluding hydrogens is 220 g/mol. The smallest absolute Gasteiger partial charge is 0.348 e. The summed E-state index contributed by atoms with van der Waals surface area (Å²) in [4.78, 5) is 31.5. The predicted molar refractivity (Wildman–Crippen MR) is 64.8 cm³/mol. The third-order valence-electron chi connectivity index (χ3n) is 2.25. The molecule has 88 valence electrons. The largest absolute Gasteiger partial charge is 0.359 e. The highest BCUT2D eigenvalue weighted by Crippen LogP contribution is 2.01. The Hall–Kier alpha value is -2.37. The average molecular weight is 232 g/mol. The molecule has 0 aliphatic heterocycles. The highest BCUT2D eigenvalue weighted by atomic mass is 16.2. The highest BCUT2D eigenvalue weighted by Gasteiger charge is 2.08. The van der Waals surface area contributed by atoms with Gasteiger partial charge in [-0.1, -0.05) is 18.2 Å². The topological polar surface area (TPSA) is 71.0 Å². The summed E-state index contributed by atoms with van der Waals surface area (Å²) in [7, 11) is 3.40. The normalized spacial score (nSPS) is 10.2. The van der Waals surface area contributed by atoms with E-state index in [0.29, 0.717) is 5.69 Å². The second-order valence-corrected chi connectivity index (χ2v) is 3.71. The lowest BCUT2D eigenvalue weighted by Gasteiger charge is -2.10. The van der Waals surface area contributed by atoms with Gasteiger partial charge in [0.15, 0.2) is 0 Å². The molecule has 1 heterocycles. The van der Waals surface area contributed by atoms with Crippen LogP contribution in [0.1, 0.15) is 0 Å². The summed E-state index contributed by atoms with van der Waals surface area (Å²) in [5, 5.41) is 0. The van der Waals surface area contributed by atoms with Gasteiger partial charge in [-0.05, 0) is 12.1 Å². The molecule has 0 saturated heterocycles. The molecule has 0 radical (unpaired) electrons. The van der Waals surface area contributed by atoms with Crippen LogP contribution in [-0.2, 0) is 0 Å². The van der Waals surface area contributed by atoms with Crippen molar-refractivity contribution >= 4 is 5.95 Å². The van der Waals surface area contributed by atoms with E-state index in [2.05, 4.69) is 9.97 Å². The Morgan fingerprint density at radius 2 is 1.82 bits per heavy atom. The SMILES string of the molecule is CN(C)c1nc(=O)n(-c2ccccc2)c(=O)[nH]1. The summed E-state index contributed by atoms with van der Waals surface area (Å²) >= 11 is 0. The van der Waals surface area contributed by atoms with E-state index >= 15 is 0 Å². The van der Waals surface area contributed by atoms with Gasteiger partial charge in [0.1, 0.15) is 0 Å². The molecule has 0 amide bonds. The van der Waals surface area contributed by atoms with Crippen molar-refractivity contribution in [2.24, 2.45) is 0 Å². The first-order chi connectivity index (χ1) is 8.09. The number of rotatable bonds is 2. The lowest BCUT2D eigenvalue weighted by atomic mass is 10.3. The maximum absolute atomic E-state index is 11.8. The number of hydrogen-bond donors (Lipinski definition) is 1. The summed E-state index contributed by atoms with van der Waals surface area (Å²) < 4.78 is 0.993. The van der Waals surface area contributed by atoms with Gasteiger partial charge in [0, 0.05) is 14.1 Å². The lowest BCUT2D eigenvalue weighted by molar-refractivity contribution is 0.795. The minimum atomic E-state index is -0.594. The maximum atomic E-state index is 11.8. The molecule has 0 aliphatic carbocycles. The maximum Gasteiger partial charge on any atom is 0.359 e. The van der Waals surface area contributed by atoms with Gasteiger partial charge in [-0.2, -0.15) is 4.98 Å². The summed E-state index contributed by atoms with van der Waals surface area (Å²) in [5.41, 5.74) is -0.597. The molecular formula is C11H12N4O2. The van der Waals surface area contributed by atoms with Gasteiger partial charge in [-0.3, -0.25) is 4.98 Å². The van der Waals surface area contributed by atoms with Gasteiger partial charge in [-0.15, -0.1) is 0 Å². The van der Waals surface area contributed by atoms with E-state index in [-0.39, 0.29) is 5.95 Å². The van der Waals surface area contributed by atoms with Crippen molar-refractivity contribution in [2.45, 2.75) is 0 Å². The van der Waals surface area contributed by atoms with Crippen molar-refractivity contribution in [2.75, 3.05) is 19.0 Å². The first-order valence-electron chi connectivity index (χ1n) is 5.05.